The predicted molar refractivity (Wildman–Crippen MR) is 77.3 cm³/mol. The first-order valence-corrected chi connectivity index (χ1v) is 7.04. The Morgan fingerprint density at radius 1 is 1.55 bits per heavy atom. The molecule has 1 N–H and O–H groups in total. The summed E-state index contributed by atoms with van der Waals surface area (Å²) in [5, 5.41) is 0. The van der Waals surface area contributed by atoms with Crippen molar-refractivity contribution in [3.63, 3.8) is 0 Å². The van der Waals surface area contributed by atoms with Gasteiger partial charge in [-0.1, -0.05) is 0 Å². The second-order valence-electron chi connectivity index (χ2n) is 5.05. The van der Waals surface area contributed by atoms with Crippen molar-refractivity contribution < 1.29 is 13.9 Å². The molecule has 106 valence electrons. The lowest BCUT2D eigenvalue weighted by Gasteiger charge is -2.20. The van der Waals surface area contributed by atoms with E-state index in [0.717, 1.165) is 25.0 Å². The molecule has 0 unspecified atom stereocenters. The summed E-state index contributed by atoms with van der Waals surface area (Å²) in [6.45, 7) is 1.41. The molecule has 1 atom stereocenters. The highest BCUT2D eigenvalue weighted by Crippen LogP contribution is 2.18. The van der Waals surface area contributed by atoms with E-state index in [-0.39, 0.29) is 12.0 Å². The molecule has 1 aliphatic heterocycles. The zero-order valence-electron chi connectivity index (χ0n) is 11.2. The maximum atomic E-state index is 12.4. The Hall–Kier alpha value is -1.66. The summed E-state index contributed by atoms with van der Waals surface area (Å²) in [5.74, 6) is -0.0373. The van der Waals surface area contributed by atoms with Crippen molar-refractivity contribution in [2.75, 3.05) is 20.2 Å². The quantitative estimate of drug-likeness (QED) is 0.884. The molecule has 0 bridgehead atoms. The first-order valence-electron chi connectivity index (χ1n) is 6.63. The Morgan fingerprint density at radius 3 is 3.15 bits per heavy atom. The molecule has 2 aromatic rings. The Balaban J connectivity index is 1.78. The van der Waals surface area contributed by atoms with E-state index < -0.39 is 0 Å². The number of hydrogen-bond donors (Lipinski definition) is 1. The number of H-pyrrole nitrogens is 1. The predicted octanol–water partition coefficient (Wildman–Crippen LogP) is 2.74. The maximum absolute atomic E-state index is 12.4. The summed E-state index contributed by atoms with van der Waals surface area (Å²) in [5.41, 5.74) is 2.00. The van der Waals surface area contributed by atoms with Crippen molar-refractivity contribution in [1.29, 1.82) is 0 Å². The average molecular weight is 292 g/mol. The van der Waals surface area contributed by atoms with Crippen LogP contribution in [0, 0.1) is 4.84 Å². The van der Waals surface area contributed by atoms with Gasteiger partial charge < -0.3 is 19.0 Å². The molecule has 1 amide bonds. The number of rotatable bonds is 3. The highest BCUT2D eigenvalue weighted by atomic mass is 32.1. The number of carbonyl (C=O) groups is 1. The van der Waals surface area contributed by atoms with Crippen LogP contribution in [0.1, 0.15) is 23.2 Å². The molecule has 1 fully saturated rings. The van der Waals surface area contributed by atoms with Crippen LogP contribution < -0.4 is 0 Å². The van der Waals surface area contributed by atoms with Gasteiger partial charge in [0.25, 0.3) is 10.7 Å². The lowest BCUT2D eigenvalue weighted by atomic mass is 10.1. The zero-order valence-corrected chi connectivity index (χ0v) is 12.0. The molecular weight excluding hydrogens is 276 g/mol. The van der Waals surface area contributed by atoms with E-state index in [1.54, 1.807) is 24.1 Å². The van der Waals surface area contributed by atoms with Gasteiger partial charge >= 0.3 is 0 Å². The summed E-state index contributed by atoms with van der Waals surface area (Å²) < 4.78 is 10.9. The molecule has 1 aromatic carbocycles. The lowest BCUT2D eigenvalue weighted by molar-refractivity contribution is 0.0587. The second kappa shape index (κ2) is 5.38. The SMILES string of the molecule is CN(C[C@@H]1CCCO1)C(=O)c1ccc2[nH]c(=S)oc2c1. The van der Waals surface area contributed by atoms with Gasteiger partial charge in [-0.05, 0) is 43.3 Å². The third kappa shape index (κ3) is 2.62. The summed E-state index contributed by atoms with van der Waals surface area (Å²) >= 11 is 4.93. The van der Waals surface area contributed by atoms with E-state index in [0.29, 0.717) is 22.5 Å². The van der Waals surface area contributed by atoms with Crippen LogP contribution in [0.2, 0.25) is 0 Å². The van der Waals surface area contributed by atoms with Gasteiger partial charge in [0.15, 0.2) is 5.58 Å². The van der Waals surface area contributed by atoms with Crippen LogP contribution in [0.25, 0.3) is 11.1 Å². The van der Waals surface area contributed by atoms with E-state index in [1.165, 1.54) is 0 Å². The van der Waals surface area contributed by atoms with Crippen molar-refractivity contribution in [1.82, 2.24) is 9.88 Å². The normalized spacial score (nSPS) is 18.6. The number of benzene rings is 1. The largest absolute Gasteiger partial charge is 0.429 e. The van der Waals surface area contributed by atoms with Gasteiger partial charge in [-0.3, -0.25) is 4.79 Å². The minimum atomic E-state index is -0.0373. The fourth-order valence-corrected chi connectivity index (χ4v) is 2.68. The zero-order chi connectivity index (χ0) is 14.1. The molecule has 3 rings (SSSR count). The summed E-state index contributed by atoms with van der Waals surface area (Å²) in [6, 6.07) is 5.30. The molecule has 2 heterocycles. The molecule has 0 radical (unpaired) electrons. The maximum Gasteiger partial charge on any atom is 0.266 e. The van der Waals surface area contributed by atoms with Crippen molar-refractivity contribution in [3.05, 3.63) is 28.6 Å². The van der Waals surface area contributed by atoms with Gasteiger partial charge in [-0.15, -0.1) is 0 Å². The highest BCUT2D eigenvalue weighted by Gasteiger charge is 2.21. The molecular formula is C14H16N2O3S. The number of nitrogens with zero attached hydrogens (tertiary/aromatic N) is 1. The molecule has 0 spiro atoms. The molecule has 20 heavy (non-hydrogen) atoms. The fraction of sp³-hybridized carbons (Fsp3) is 0.429. The first-order chi connectivity index (χ1) is 9.63. The van der Waals surface area contributed by atoms with Crippen LogP contribution in [-0.4, -0.2) is 42.1 Å². The van der Waals surface area contributed by atoms with Crippen LogP contribution in [0.4, 0.5) is 0 Å². The number of hydrogen-bond acceptors (Lipinski definition) is 4. The Labute approximate surface area is 121 Å². The van der Waals surface area contributed by atoms with E-state index in [2.05, 4.69) is 4.98 Å². The second-order valence-corrected chi connectivity index (χ2v) is 5.42. The molecule has 1 aliphatic rings. The van der Waals surface area contributed by atoms with Crippen molar-refractivity contribution >= 4 is 29.2 Å². The van der Waals surface area contributed by atoms with Crippen molar-refractivity contribution in [2.45, 2.75) is 18.9 Å². The molecule has 1 aromatic heterocycles. The molecule has 5 nitrogen and oxygen atoms in total. The van der Waals surface area contributed by atoms with E-state index >= 15 is 0 Å². The minimum absolute atomic E-state index is 0.0373. The van der Waals surface area contributed by atoms with Crippen LogP contribution in [0.5, 0.6) is 0 Å². The number of likely N-dealkylation sites (N-methyl/N-ethyl adjacent to an activating group) is 1. The number of nitrogens with one attached hydrogen (secondary N) is 1. The number of carbonyl (C=O) groups excluding carboxylic acids is 1. The van der Waals surface area contributed by atoms with Gasteiger partial charge in [-0.2, -0.15) is 0 Å². The van der Waals surface area contributed by atoms with Crippen LogP contribution in [0.15, 0.2) is 22.6 Å². The monoisotopic (exact) mass is 292 g/mol. The topological polar surface area (TPSA) is 58.5 Å². The standard InChI is InChI=1S/C14H16N2O3S/c1-16(8-10-3-2-6-18-10)13(17)9-4-5-11-12(7-9)19-14(20)15-11/h4-5,7,10H,2-3,6,8H2,1H3,(H,15,20)/t10-/m0/s1. The van der Waals surface area contributed by atoms with Crippen LogP contribution in [-0.2, 0) is 4.74 Å². The highest BCUT2D eigenvalue weighted by molar-refractivity contribution is 7.71. The van der Waals surface area contributed by atoms with Gasteiger partial charge in [0, 0.05) is 25.8 Å². The van der Waals surface area contributed by atoms with Gasteiger partial charge in [0.1, 0.15) is 0 Å². The molecule has 1 saturated heterocycles. The fourth-order valence-electron chi connectivity index (χ4n) is 2.48. The summed E-state index contributed by atoms with van der Waals surface area (Å²) in [7, 11) is 1.79. The smallest absolute Gasteiger partial charge is 0.266 e. The van der Waals surface area contributed by atoms with E-state index in [9.17, 15) is 4.79 Å². The number of aromatic amines is 1. The molecule has 6 heteroatoms. The van der Waals surface area contributed by atoms with Gasteiger partial charge in [0.2, 0.25) is 0 Å². The van der Waals surface area contributed by atoms with E-state index in [4.69, 9.17) is 21.4 Å². The first kappa shape index (κ1) is 13.3. The average Bonchev–Trinajstić information content (AvgIpc) is 3.04. The van der Waals surface area contributed by atoms with Crippen molar-refractivity contribution in [2.24, 2.45) is 0 Å². The molecule has 0 aliphatic carbocycles. The Kier molecular flexibility index (Phi) is 3.58. The third-order valence-electron chi connectivity index (χ3n) is 3.52. The Morgan fingerprint density at radius 2 is 2.40 bits per heavy atom. The van der Waals surface area contributed by atoms with E-state index in [1.807, 2.05) is 6.07 Å². The van der Waals surface area contributed by atoms with Crippen molar-refractivity contribution in [3.8, 4) is 0 Å². The summed E-state index contributed by atoms with van der Waals surface area (Å²) in [6.07, 6.45) is 2.25. The number of aromatic nitrogens is 1. The minimum Gasteiger partial charge on any atom is -0.429 e. The molecule has 0 saturated carbocycles. The van der Waals surface area contributed by atoms with Gasteiger partial charge in [-0.25, -0.2) is 0 Å². The lowest BCUT2D eigenvalue weighted by Crippen LogP contribution is -2.34. The third-order valence-corrected chi connectivity index (χ3v) is 3.70. The number of fused-ring (bicyclic) bond motifs is 1. The van der Waals surface area contributed by atoms with Crippen LogP contribution in [0.3, 0.4) is 0 Å². The number of ether oxygens (including phenoxy) is 1. The number of amides is 1. The number of oxazole rings is 1. The summed E-state index contributed by atoms with van der Waals surface area (Å²) in [4.78, 5) is 17.3. The van der Waals surface area contributed by atoms with Crippen LogP contribution >= 0.6 is 12.2 Å². The van der Waals surface area contributed by atoms with Gasteiger partial charge in [0.05, 0.1) is 11.6 Å². The Bertz CT molecular complexity index is 685.